The van der Waals surface area contributed by atoms with E-state index >= 15 is 0 Å². The molecule has 3 aromatic rings. The summed E-state index contributed by atoms with van der Waals surface area (Å²) >= 11 is 0. The maximum atomic E-state index is 12.7. The third-order valence-corrected chi connectivity index (χ3v) is 7.89. The van der Waals surface area contributed by atoms with Gasteiger partial charge in [0.25, 0.3) is 5.91 Å². The summed E-state index contributed by atoms with van der Waals surface area (Å²) in [6.45, 7) is 7.57. The van der Waals surface area contributed by atoms with Crippen molar-refractivity contribution in [2.45, 2.75) is 63.4 Å². The third kappa shape index (κ3) is 3.93. The first-order valence-corrected chi connectivity index (χ1v) is 12.4. The third-order valence-electron chi connectivity index (χ3n) is 6.12. The second-order valence-corrected chi connectivity index (χ2v) is 11.2. The average Bonchev–Trinajstić information content (AvgIpc) is 3.01. The number of hydrogen-bond acceptors (Lipinski definition) is 4. The molecule has 0 spiro atoms. The van der Waals surface area contributed by atoms with E-state index in [4.69, 9.17) is 5.73 Å². The maximum absolute atomic E-state index is 12.7. The fraction of sp³-hybridized carbons (Fsp3) is 0.417. The van der Waals surface area contributed by atoms with E-state index < -0.39 is 21.5 Å². The largest absolute Gasteiger partial charge is 0.366 e. The van der Waals surface area contributed by atoms with Crippen LogP contribution in [0.4, 0.5) is 0 Å². The van der Waals surface area contributed by atoms with Crippen molar-refractivity contribution in [2.24, 2.45) is 11.7 Å². The van der Waals surface area contributed by atoms with E-state index in [0.29, 0.717) is 17.2 Å². The van der Waals surface area contributed by atoms with E-state index in [-0.39, 0.29) is 10.9 Å². The fourth-order valence-electron chi connectivity index (χ4n) is 4.62. The highest BCUT2D eigenvalue weighted by atomic mass is 32.2. The summed E-state index contributed by atoms with van der Waals surface area (Å²) < 4.78 is 30.3. The number of hydrogen-bond donors (Lipinski definition) is 2. The van der Waals surface area contributed by atoms with Crippen molar-refractivity contribution in [3.63, 3.8) is 0 Å². The molecule has 2 unspecified atom stereocenters. The molecule has 8 heteroatoms. The summed E-state index contributed by atoms with van der Waals surface area (Å²) in [5, 5.41) is 0.725. The summed E-state index contributed by atoms with van der Waals surface area (Å²) in [5.41, 5.74) is 7.88. The second kappa shape index (κ2) is 8.01. The number of nitrogens with zero attached hydrogens (tertiary/aromatic N) is 2. The van der Waals surface area contributed by atoms with Gasteiger partial charge < -0.3 is 10.3 Å². The lowest BCUT2D eigenvalue weighted by molar-refractivity contribution is 0.100. The number of pyridine rings is 1. The summed E-state index contributed by atoms with van der Waals surface area (Å²) in [5.74, 6) is -0.0158. The molecule has 2 atom stereocenters. The smallest absolute Gasteiger partial charge is 0.251 e. The van der Waals surface area contributed by atoms with E-state index in [9.17, 15) is 13.2 Å². The lowest BCUT2D eigenvalue weighted by Gasteiger charge is -2.38. The van der Waals surface area contributed by atoms with E-state index in [1.54, 1.807) is 57.3 Å². The molecule has 2 heterocycles. The van der Waals surface area contributed by atoms with Crippen molar-refractivity contribution < 1.29 is 13.2 Å². The molecule has 0 bridgehead atoms. The number of nitrogens with two attached hydrogens (primary N) is 1. The topological polar surface area (TPSA) is 107 Å². The predicted molar refractivity (Wildman–Crippen MR) is 126 cm³/mol. The molecule has 4 rings (SSSR count). The molecule has 7 nitrogen and oxygen atoms in total. The van der Waals surface area contributed by atoms with Crippen LogP contribution < -0.4 is 10.5 Å². The summed E-state index contributed by atoms with van der Waals surface area (Å²) in [4.78, 5) is 17.3. The zero-order valence-electron chi connectivity index (χ0n) is 18.9. The molecule has 1 saturated carbocycles. The van der Waals surface area contributed by atoms with Crippen LogP contribution in [0.25, 0.3) is 22.3 Å². The Bertz CT molecular complexity index is 1270. The average molecular weight is 455 g/mol. The number of carbonyl (C=O) groups is 1. The van der Waals surface area contributed by atoms with Crippen LogP contribution in [0.15, 0.2) is 47.5 Å². The van der Waals surface area contributed by atoms with Crippen molar-refractivity contribution in [1.82, 2.24) is 14.3 Å². The number of benzene rings is 1. The molecule has 170 valence electrons. The standard InChI is InChI=1S/C24H30N4O3S/c1-5-15-10-13-19(15)28-21(20(22(25)29)18-7-6-14-26-23(18)28)16-8-11-17(12-9-16)32(30,31)27-24(2,3)4/h6-9,11-12,14-15,19,27H,5,10,13H2,1-4H3,(H2,25,29). The highest BCUT2D eigenvalue weighted by Crippen LogP contribution is 2.46. The van der Waals surface area contributed by atoms with Gasteiger partial charge in [0, 0.05) is 23.2 Å². The minimum atomic E-state index is -3.66. The number of nitrogens with one attached hydrogen (secondary N) is 1. The quantitative estimate of drug-likeness (QED) is 0.581. The molecular formula is C24H30N4O3S. The predicted octanol–water partition coefficient (Wildman–Crippen LogP) is 4.24. The molecule has 1 amide bonds. The summed E-state index contributed by atoms with van der Waals surface area (Å²) in [6.07, 6.45) is 4.90. The lowest BCUT2D eigenvalue weighted by Crippen LogP contribution is -2.40. The first-order valence-electron chi connectivity index (χ1n) is 11.0. The van der Waals surface area contributed by atoms with Crippen molar-refractivity contribution in [2.75, 3.05) is 0 Å². The van der Waals surface area contributed by atoms with Gasteiger partial charge in [0.2, 0.25) is 10.0 Å². The SMILES string of the molecule is CCC1CCC1n1c(-c2ccc(S(=O)(=O)NC(C)(C)C)cc2)c(C(N)=O)c2cccnc21. The van der Waals surface area contributed by atoms with E-state index in [2.05, 4.69) is 21.2 Å². The van der Waals surface area contributed by atoms with Crippen molar-refractivity contribution in [3.8, 4) is 11.3 Å². The summed E-state index contributed by atoms with van der Waals surface area (Å²) in [7, 11) is -3.66. The van der Waals surface area contributed by atoms with Crippen LogP contribution in [0.1, 0.15) is 63.4 Å². The van der Waals surface area contributed by atoms with Crippen molar-refractivity contribution in [1.29, 1.82) is 0 Å². The first-order chi connectivity index (χ1) is 15.0. The molecule has 3 N–H and O–H groups in total. The van der Waals surface area contributed by atoms with Crippen LogP contribution >= 0.6 is 0 Å². The van der Waals surface area contributed by atoms with Crippen molar-refractivity contribution in [3.05, 3.63) is 48.2 Å². The highest BCUT2D eigenvalue weighted by molar-refractivity contribution is 7.89. The molecule has 1 fully saturated rings. The molecule has 0 aliphatic heterocycles. The Hall–Kier alpha value is -2.71. The van der Waals surface area contributed by atoms with E-state index in [1.807, 2.05) is 6.07 Å². The first kappa shape index (κ1) is 22.5. The van der Waals surface area contributed by atoms with Crippen molar-refractivity contribution >= 4 is 27.0 Å². The Labute approximate surface area is 189 Å². The van der Waals surface area contributed by atoms with Crippen LogP contribution in [0, 0.1) is 5.92 Å². The molecule has 2 aromatic heterocycles. The second-order valence-electron chi connectivity index (χ2n) is 9.53. The van der Waals surface area contributed by atoms with Gasteiger partial charge in [-0.05, 0) is 69.4 Å². The molecule has 0 radical (unpaired) electrons. The van der Waals surface area contributed by atoms with Gasteiger partial charge in [-0.25, -0.2) is 18.1 Å². The molecule has 1 aliphatic carbocycles. The van der Waals surface area contributed by atoms with E-state index in [1.165, 1.54) is 0 Å². The molecule has 32 heavy (non-hydrogen) atoms. The Morgan fingerprint density at radius 3 is 2.41 bits per heavy atom. The van der Waals surface area contributed by atoms with E-state index in [0.717, 1.165) is 35.9 Å². The van der Waals surface area contributed by atoms with Crippen LogP contribution in [0.2, 0.25) is 0 Å². The molecular weight excluding hydrogens is 424 g/mol. The number of sulfonamides is 1. The van der Waals surface area contributed by atoms with Gasteiger partial charge in [-0.2, -0.15) is 0 Å². The van der Waals surface area contributed by atoms with Gasteiger partial charge in [0.15, 0.2) is 0 Å². The minimum Gasteiger partial charge on any atom is -0.366 e. The Kier molecular flexibility index (Phi) is 5.63. The van der Waals surface area contributed by atoms with Gasteiger partial charge in [-0.3, -0.25) is 4.79 Å². The van der Waals surface area contributed by atoms with Crippen LogP contribution in [-0.4, -0.2) is 29.4 Å². The number of rotatable bonds is 6. The van der Waals surface area contributed by atoms with Gasteiger partial charge in [-0.15, -0.1) is 0 Å². The minimum absolute atomic E-state index is 0.174. The number of primary amides is 1. The molecule has 1 aliphatic rings. The maximum Gasteiger partial charge on any atom is 0.251 e. The number of fused-ring (bicyclic) bond motifs is 1. The Morgan fingerprint density at radius 2 is 1.88 bits per heavy atom. The molecule has 1 aromatic carbocycles. The number of carbonyl (C=O) groups excluding carboxylic acids is 1. The zero-order valence-corrected chi connectivity index (χ0v) is 19.7. The van der Waals surface area contributed by atoms with Crippen LogP contribution in [0.5, 0.6) is 0 Å². The Balaban J connectivity index is 1.89. The van der Waals surface area contributed by atoms with Crippen LogP contribution in [0.3, 0.4) is 0 Å². The van der Waals surface area contributed by atoms with Crippen LogP contribution in [-0.2, 0) is 10.0 Å². The Morgan fingerprint density at radius 1 is 1.19 bits per heavy atom. The van der Waals surface area contributed by atoms with Gasteiger partial charge in [-0.1, -0.05) is 25.5 Å². The van der Waals surface area contributed by atoms with Gasteiger partial charge in [0.1, 0.15) is 5.65 Å². The van der Waals surface area contributed by atoms with Gasteiger partial charge in [0.05, 0.1) is 16.2 Å². The normalized spacial score (nSPS) is 19.1. The highest BCUT2D eigenvalue weighted by Gasteiger charge is 2.36. The summed E-state index contributed by atoms with van der Waals surface area (Å²) in [6, 6.07) is 10.5. The fourth-order valence-corrected chi connectivity index (χ4v) is 6.03. The molecule has 0 saturated heterocycles. The van der Waals surface area contributed by atoms with Gasteiger partial charge >= 0.3 is 0 Å². The number of aromatic nitrogens is 2. The lowest BCUT2D eigenvalue weighted by atomic mass is 9.77. The monoisotopic (exact) mass is 454 g/mol. The zero-order chi connectivity index (χ0) is 23.3. The number of amides is 1.